The average Bonchev–Trinajstić information content (AvgIpc) is 3.41. The molecule has 2 heterocycles. The maximum Gasteiger partial charge on any atom is 0.322 e. The van der Waals surface area contributed by atoms with Crippen molar-refractivity contribution in [2.45, 2.75) is 13.1 Å². The highest BCUT2D eigenvalue weighted by Crippen LogP contribution is 2.18. The largest absolute Gasteiger partial charge is 0.379 e. The van der Waals surface area contributed by atoms with Gasteiger partial charge in [0.15, 0.2) is 0 Å². The van der Waals surface area contributed by atoms with Crippen molar-refractivity contribution in [1.82, 2.24) is 14.7 Å². The predicted octanol–water partition coefficient (Wildman–Crippen LogP) is 5.04. The molecular weight excluding hydrogens is 559 g/mol. The van der Waals surface area contributed by atoms with Crippen LogP contribution in [0.15, 0.2) is 70.5 Å². The molecule has 3 amide bonds. The van der Waals surface area contributed by atoms with Crippen molar-refractivity contribution in [1.29, 1.82) is 0 Å². The van der Waals surface area contributed by atoms with E-state index >= 15 is 0 Å². The second kappa shape index (κ2) is 13.7. The Hall–Kier alpha value is -2.79. The molecule has 0 radical (unpaired) electrons. The number of morpholine rings is 1. The van der Waals surface area contributed by atoms with Crippen LogP contribution < -0.4 is 5.32 Å². The number of nitrogens with zero attached hydrogens (tertiary/aromatic N) is 3. The van der Waals surface area contributed by atoms with Gasteiger partial charge < -0.3 is 19.9 Å². The van der Waals surface area contributed by atoms with Gasteiger partial charge in [-0.25, -0.2) is 9.18 Å². The first-order valence-corrected chi connectivity index (χ1v) is 13.8. The number of urea groups is 1. The molecule has 1 aliphatic rings. The van der Waals surface area contributed by atoms with Crippen LogP contribution in [0, 0.1) is 5.82 Å². The molecular formula is C27H30BrFN4O3S. The zero-order chi connectivity index (χ0) is 26.0. The summed E-state index contributed by atoms with van der Waals surface area (Å²) in [5, 5.41) is 4.89. The third-order valence-corrected chi connectivity index (χ3v) is 7.40. The number of carbonyl (C=O) groups excluding carboxylic acids is 2. The molecule has 3 aromatic rings. The molecule has 0 atom stereocenters. The van der Waals surface area contributed by atoms with Crippen LogP contribution in [0.3, 0.4) is 0 Å². The molecule has 37 heavy (non-hydrogen) atoms. The molecule has 7 nitrogen and oxygen atoms in total. The molecule has 4 rings (SSSR count). The number of carbonyl (C=O) groups is 2. The fourth-order valence-electron chi connectivity index (χ4n) is 4.00. The Morgan fingerprint density at radius 1 is 1.03 bits per heavy atom. The highest BCUT2D eigenvalue weighted by atomic mass is 79.9. The Bertz CT molecular complexity index is 1160. The molecule has 1 fully saturated rings. The second-order valence-corrected chi connectivity index (χ2v) is 10.7. The zero-order valence-electron chi connectivity index (χ0n) is 20.4. The van der Waals surface area contributed by atoms with Crippen LogP contribution in [0.2, 0.25) is 0 Å². The number of nitrogens with one attached hydrogen (secondary N) is 1. The van der Waals surface area contributed by atoms with Gasteiger partial charge in [-0.15, -0.1) is 11.3 Å². The van der Waals surface area contributed by atoms with Crippen molar-refractivity contribution in [2.24, 2.45) is 0 Å². The number of rotatable bonds is 10. The van der Waals surface area contributed by atoms with Gasteiger partial charge in [0, 0.05) is 47.8 Å². The van der Waals surface area contributed by atoms with E-state index in [1.807, 2.05) is 41.8 Å². The summed E-state index contributed by atoms with van der Waals surface area (Å²) in [6, 6.07) is 17.1. The maximum absolute atomic E-state index is 13.6. The molecule has 0 spiro atoms. The van der Waals surface area contributed by atoms with Gasteiger partial charge >= 0.3 is 6.03 Å². The number of anilines is 1. The number of amides is 3. The molecule has 0 aliphatic carbocycles. The van der Waals surface area contributed by atoms with E-state index in [0.717, 1.165) is 28.0 Å². The minimum atomic E-state index is -0.336. The van der Waals surface area contributed by atoms with E-state index in [1.54, 1.807) is 33.3 Å². The van der Waals surface area contributed by atoms with Gasteiger partial charge in [0.1, 0.15) is 12.4 Å². The molecule has 196 valence electrons. The Kier molecular flexibility index (Phi) is 10.1. The summed E-state index contributed by atoms with van der Waals surface area (Å²) in [7, 11) is 0. The second-order valence-electron chi connectivity index (χ2n) is 8.77. The lowest BCUT2D eigenvalue weighted by Crippen LogP contribution is -2.48. The van der Waals surface area contributed by atoms with Crippen LogP contribution >= 0.6 is 27.3 Å². The van der Waals surface area contributed by atoms with E-state index in [0.29, 0.717) is 45.1 Å². The highest BCUT2D eigenvalue weighted by molar-refractivity contribution is 9.10. The maximum atomic E-state index is 13.6. The summed E-state index contributed by atoms with van der Waals surface area (Å²) in [5.74, 6) is -0.498. The lowest BCUT2D eigenvalue weighted by molar-refractivity contribution is -0.133. The molecule has 1 saturated heterocycles. The van der Waals surface area contributed by atoms with Crippen LogP contribution in [0.1, 0.15) is 10.4 Å². The molecule has 2 aromatic carbocycles. The fourth-order valence-corrected chi connectivity index (χ4v) is 5.12. The smallest absolute Gasteiger partial charge is 0.322 e. The van der Waals surface area contributed by atoms with E-state index in [9.17, 15) is 14.0 Å². The summed E-state index contributed by atoms with van der Waals surface area (Å²) >= 11 is 5.00. The minimum Gasteiger partial charge on any atom is -0.379 e. The van der Waals surface area contributed by atoms with Gasteiger partial charge in [-0.1, -0.05) is 40.2 Å². The van der Waals surface area contributed by atoms with Crippen LogP contribution in [0.25, 0.3) is 0 Å². The zero-order valence-corrected chi connectivity index (χ0v) is 22.8. The molecule has 1 aliphatic heterocycles. The SMILES string of the molecule is O=C(CN(CCN1CCOCC1)C(=O)Nc1cccc(Br)c1)N(Cc1ccc(F)cc1)Cc1cccs1. The van der Waals surface area contributed by atoms with Gasteiger partial charge in [-0.2, -0.15) is 0 Å². The molecule has 1 N–H and O–H groups in total. The summed E-state index contributed by atoms with van der Waals surface area (Å²) in [4.78, 5) is 33.5. The average molecular weight is 590 g/mol. The first-order valence-electron chi connectivity index (χ1n) is 12.1. The molecule has 0 unspecified atom stereocenters. The third-order valence-electron chi connectivity index (χ3n) is 6.05. The van der Waals surface area contributed by atoms with Crippen molar-refractivity contribution in [3.8, 4) is 0 Å². The lowest BCUT2D eigenvalue weighted by Gasteiger charge is -2.31. The Morgan fingerprint density at radius 3 is 2.51 bits per heavy atom. The number of hydrogen-bond donors (Lipinski definition) is 1. The first kappa shape index (κ1) is 27.3. The van der Waals surface area contributed by atoms with E-state index in [-0.39, 0.29) is 24.3 Å². The number of hydrogen-bond acceptors (Lipinski definition) is 5. The van der Waals surface area contributed by atoms with Gasteiger partial charge in [-0.3, -0.25) is 9.69 Å². The lowest BCUT2D eigenvalue weighted by atomic mass is 10.2. The van der Waals surface area contributed by atoms with Crippen LogP contribution in [0.5, 0.6) is 0 Å². The molecule has 10 heteroatoms. The molecule has 1 aromatic heterocycles. The van der Waals surface area contributed by atoms with Gasteiger partial charge in [0.05, 0.1) is 19.8 Å². The quantitative estimate of drug-likeness (QED) is 0.360. The topological polar surface area (TPSA) is 65.1 Å². The van der Waals surface area contributed by atoms with Gasteiger partial charge in [-0.05, 0) is 47.3 Å². The van der Waals surface area contributed by atoms with Crippen LogP contribution in [-0.4, -0.2) is 72.6 Å². The number of ether oxygens (including phenoxy) is 1. The monoisotopic (exact) mass is 588 g/mol. The third kappa shape index (κ3) is 8.63. The summed E-state index contributed by atoms with van der Waals surface area (Å²) in [6.45, 7) is 4.62. The van der Waals surface area contributed by atoms with Crippen LogP contribution in [0.4, 0.5) is 14.9 Å². The van der Waals surface area contributed by atoms with Crippen molar-refractivity contribution in [3.05, 3.63) is 86.8 Å². The standard InChI is InChI=1S/C27H30BrFN4O3S/c28-22-3-1-4-24(17-22)30-27(35)32(11-10-31-12-14-36-15-13-31)20-26(34)33(19-25-5-2-16-37-25)18-21-6-8-23(29)9-7-21/h1-9,16-17H,10-15,18-20H2,(H,30,35). The number of benzene rings is 2. The molecule has 0 bridgehead atoms. The van der Waals surface area contributed by atoms with Crippen LogP contribution in [-0.2, 0) is 22.6 Å². The fraction of sp³-hybridized carbons (Fsp3) is 0.333. The minimum absolute atomic E-state index is 0.0727. The number of thiophene rings is 1. The van der Waals surface area contributed by atoms with Gasteiger partial charge in [0.25, 0.3) is 0 Å². The van der Waals surface area contributed by atoms with Crippen molar-refractivity contribution in [2.75, 3.05) is 51.3 Å². The van der Waals surface area contributed by atoms with E-state index < -0.39 is 0 Å². The summed E-state index contributed by atoms with van der Waals surface area (Å²) in [6.07, 6.45) is 0. The first-order chi connectivity index (χ1) is 18.0. The summed E-state index contributed by atoms with van der Waals surface area (Å²) in [5.41, 5.74) is 1.47. The normalized spacial score (nSPS) is 13.8. The number of halogens is 2. The van der Waals surface area contributed by atoms with E-state index in [2.05, 4.69) is 26.1 Å². The Morgan fingerprint density at radius 2 is 1.81 bits per heavy atom. The van der Waals surface area contributed by atoms with Crippen molar-refractivity contribution < 1.29 is 18.7 Å². The van der Waals surface area contributed by atoms with E-state index in [1.165, 1.54) is 12.1 Å². The summed E-state index contributed by atoms with van der Waals surface area (Å²) < 4.78 is 19.7. The van der Waals surface area contributed by atoms with Crippen molar-refractivity contribution in [3.63, 3.8) is 0 Å². The highest BCUT2D eigenvalue weighted by Gasteiger charge is 2.23. The Labute approximate surface area is 228 Å². The molecule has 0 saturated carbocycles. The van der Waals surface area contributed by atoms with Crippen molar-refractivity contribution >= 4 is 44.9 Å². The van der Waals surface area contributed by atoms with Gasteiger partial charge in [0.2, 0.25) is 5.91 Å². The van der Waals surface area contributed by atoms with E-state index in [4.69, 9.17) is 4.74 Å². The Balaban J connectivity index is 1.49. The predicted molar refractivity (Wildman–Crippen MR) is 147 cm³/mol.